The number of ether oxygens (including phenoxy) is 1. The number of esters is 1. The second kappa shape index (κ2) is 17.8. The van der Waals surface area contributed by atoms with Crippen LogP contribution in [0, 0.1) is 0 Å². The Kier molecular flexibility index (Phi) is 17.3. The highest BCUT2D eigenvalue weighted by Crippen LogP contribution is 2.14. The molecule has 0 aromatic heterocycles. The Morgan fingerprint density at radius 3 is 1.78 bits per heavy atom. The van der Waals surface area contributed by atoms with Crippen molar-refractivity contribution in [2.45, 2.75) is 116 Å². The van der Waals surface area contributed by atoms with Crippen molar-refractivity contribution in [3.8, 4) is 0 Å². The monoisotopic (exact) mass is 328 g/mol. The number of aliphatic hydroxyl groups excluding tert-OH is 1. The Balaban J connectivity index is 3.16. The van der Waals surface area contributed by atoms with Gasteiger partial charge in [-0.3, -0.25) is 4.79 Å². The molecule has 1 atom stereocenters. The molecule has 0 unspecified atom stereocenters. The van der Waals surface area contributed by atoms with Gasteiger partial charge >= 0.3 is 5.97 Å². The van der Waals surface area contributed by atoms with Gasteiger partial charge in [-0.15, -0.1) is 0 Å². The van der Waals surface area contributed by atoms with Gasteiger partial charge in [0.25, 0.3) is 0 Å². The maximum atomic E-state index is 11.2. The summed E-state index contributed by atoms with van der Waals surface area (Å²) in [6.07, 6.45) is 17.0. The Morgan fingerprint density at radius 1 is 0.783 bits per heavy atom. The van der Waals surface area contributed by atoms with E-state index in [2.05, 4.69) is 6.92 Å². The molecular formula is C20H40O3. The first-order valence-corrected chi connectivity index (χ1v) is 10.0. The van der Waals surface area contributed by atoms with Crippen molar-refractivity contribution in [2.24, 2.45) is 0 Å². The van der Waals surface area contributed by atoms with Crippen LogP contribution in [-0.2, 0) is 9.53 Å². The zero-order valence-corrected chi connectivity index (χ0v) is 15.7. The van der Waals surface area contributed by atoms with Gasteiger partial charge in [-0.05, 0) is 26.2 Å². The average Bonchev–Trinajstić information content (AvgIpc) is 2.53. The Bertz CT molecular complexity index is 253. The molecule has 138 valence electrons. The summed E-state index contributed by atoms with van der Waals surface area (Å²) in [5.74, 6) is -0.0549. The van der Waals surface area contributed by atoms with Crippen molar-refractivity contribution in [3.05, 3.63) is 0 Å². The minimum absolute atomic E-state index is 0.0549. The number of carbonyl (C=O) groups excluding carboxylic acids is 1. The van der Waals surface area contributed by atoms with Crippen LogP contribution in [0.3, 0.4) is 0 Å². The highest BCUT2D eigenvalue weighted by molar-refractivity contribution is 5.69. The number of rotatable bonds is 17. The van der Waals surface area contributed by atoms with Crippen molar-refractivity contribution in [2.75, 3.05) is 6.61 Å². The SMILES string of the molecule is CCCCCC[C@@H](O)CCCCCCCCCCC(=O)OCC. The molecule has 0 aliphatic heterocycles. The van der Waals surface area contributed by atoms with Crippen molar-refractivity contribution >= 4 is 5.97 Å². The Morgan fingerprint density at radius 2 is 1.26 bits per heavy atom. The van der Waals surface area contributed by atoms with E-state index in [-0.39, 0.29) is 12.1 Å². The maximum Gasteiger partial charge on any atom is 0.305 e. The zero-order chi connectivity index (χ0) is 17.2. The van der Waals surface area contributed by atoms with E-state index in [9.17, 15) is 9.90 Å². The van der Waals surface area contributed by atoms with Crippen molar-refractivity contribution in [1.29, 1.82) is 0 Å². The van der Waals surface area contributed by atoms with Crippen LogP contribution in [0.2, 0.25) is 0 Å². The minimum Gasteiger partial charge on any atom is -0.466 e. The second-order valence-electron chi connectivity index (χ2n) is 6.68. The molecule has 1 N–H and O–H groups in total. The van der Waals surface area contributed by atoms with E-state index in [1.807, 2.05) is 6.92 Å². The van der Waals surface area contributed by atoms with Gasteiger partial charge in [0, 0.05) is 6.42 Å². The molecule has 0 aliphatic carbocycles. The fraction of sp³-hybridized carbons (Fsp3) is 0.950. The molecule has 0 saturated carbocycles. The summed E-state index contributed by atoms with van der Waals surface area (Å²) in [4.78, 5) is 11.2. The molecule has 0 heterocycles. The molecule has 0 spiro atoms. The number of unbranched alkanes of at least 4 members (excludes halogenated alkanes) is 10. The van der Waals surface area contributed by atoms with Crippen LogP contribution in [0.15, 0.2) is 0 Å². The summed E-state index contributed by atoms with van der Waals surface area (Å²) in [5.41, 5.74) is 0. The van der Waals surface area contributed by atoms with Gasteiger partial charge in [-0.1, -0.05) is 77.6 Å². The van der Waals surface area contributed by atoms with Crippen LogP contribution in [0.4, 0.5) is 0 Å². The minimum atomic E-state index is -0.0743. The van der Waals surface area contributed by atoms with E-state index in [1.165, 1.54) is 57.8 Å². The zero-order valence-electron chi connectivity index (χ0n) is 15.7. The van der Waals surface area contributed by atoms with Crippen LogP contribution < -0.4 is 0 Å². The topological polar surface area (TPSA) is 46.5 Å². The summed E-state index contributed by atoms with van der Waals surface area (Å²) in [6, 6.07) is 0. The molecule has 0 aromatic rings. The number of carbonyl (C=O) groups is 1. The van der Waals surface area contributed by atoms with Crippen LogP contribution in [0.25, 0.3) is 0 Å². The molecule has 0 aliphatic rings. The molecule has 0 fully saturated rings. The first-order valence-electron chi connectivity index (χ1n) is 10.0. The fourth-order valence-electron chi connectivity index (χ4n) is 2.89. The lowest BCUT2D eigenvalue weighted by molar-refractivity contribution is -0.143. The lowest BCUT2D eigenvalue weighted by Gasteiger charge is -2.10. The van der Waals surface area contributed by atoms with E-state index in [0.717, 1.165) is 32.1 Å². The maximum absolute atomic E-state index is 11.2. The largest absolute Gasteiger partial charge is 0.466 e. The van der Waals surface area contributed by atoms with E-state index in [4.69, 9.17) is 4.74 Å². The van der Waals surface area contributed by atoms with Crippen molar-refractivity contribution in [3.63, 3.8) is 0 Å². The number of hydrogen-bond donors (Lipinski definition) is 1. The summed E-state index contributed by atoms with van der Waals surface area (Å²) in [6.45, 7) is 4.56. The van der Waals surface area contributed by atoms with E-state index < -0.39 is 0 Å². The summed E-state index contributed by atoms with van der Waals surface area (Å²) in [7, 11) is 0. The average molecular weight is 329 g/mol. The van der Waals surface area contributed by atoms with Crippen LogP contribution in [0.1, 0.15) is 110 Å². The van der Waals surface area contributed by atoms with Crippen LogP contribution >= 0.6 is 0 Å². The predicted molar refractivity (Wildman–Crippen MR) is 97.6 cm³/mol. The van der Waals surface area contributed by atoms with E-state index >= 15 is 0 Å². The molecule has 0 amide bonds. The Labute approximate surface area is 144 Å². The standard InChI is InChI=1S/C20H40O3/c1-3-5-6-13-16-19(21)17-14-11-9-7-8-10-12-15-18-20(22)23-4-2/h19,21H,3-18H2,1-2H3/t19-/m1/s1. The van der Waals surface area contributed by atoms with Crippen LogP contribution in [-0.4, -0.2) is 23.8 Å². The highest BCUT2D eigenvalue weighted by Gasteiger charge is 2.03. The van der Waals surface area contributed by atoms with Crippen molar-refractivity contribution < 1.29 is 14.6 Å². The summed E-state index contributed by atoms with van der Waals surface area (Å²) in [5, 5.41) is 9.89. The van der Waals surface area contributed by atoms with Crippen molar-refractivity contribution in [1.82, 2.24) is 0 Å². The molecule has 3 heteroatoms. The van der Waals surface area contributed by atoms with E-state index in [1.54, 1.807) is 0 Å². The smallest absolute Gasteiger partial charge is 0.305 e. The molecule has 0 radical (unpaired) electrons. The molecule has 0 aromatic carbocycles. The molecule has 0 rings (SSSR count). The normalized spacial score (nSPS) is 12.3. The second-order valence-corrected chi connectivity index (χ2v) is 6.68. The van der Waals surface area contributed by atoms with Crippen LogP contribution in [0.5, 0.6) is 0 Å². The van der Waals surface area contributed by atoms with Gasteiger partial charge in [0.2, 0.25) is 0 Å². The van der Waals surface area contributed by atoms with E-state index in [0.29, 0.717) is 13.0 Å². The molecule has 23 heavy (non-hydrogen) atoms. The third kappa shape index (κ3) is 17.6. The molecular weight excluding hydrogens is 288 g/mol. The third-order valence-corrected chi connectivity index (χ3v) is 4.36. The fourth-order valence-corrected chi connectivity index (χ4v) is 2.89. The summed E-state index contributed by atoms with van der Waals surface area (Å²) < 4.78 is 4.91. The van der Waals surface area contributed by atoms with Gasteiger partial charge in [0.1, 0.15) is 0 Å². The molecule has 0 saturated heterocycles. The van der Waals surface area contributed by atoms with Gasteiger partial charge in [-0.2, -0.15) is 0 Å². The lowest BCUT2D eigenvalue weighted by atomic mass is 10.0. The molecule has 0 bridgehead atoms. The number of aliphatic hydroxyl groups is 1. The molecule has 3 nitrogen and oxygen atoms in total. The van der Waals surface area contributed by atoms with Gasteiger partial charge < -0.3 is 9.84 Å². The predicted octanol–water partition coefficient (Wildman–Crippen LogP) is 5.78. The van der Waals surface area contributed by atoms with Gasteiger partial charge in [0.05, 0.1) is 12.7 Å². The number of hydrogen-bond acceptors (Lipinski definition) is 3. The summed E-state index contributed by atoms with van der Waals surface area (Å²) >= 11 is 0. The van der Waals surface area contributed by atoms with Gasteiger partial charge in [0.15, 0.2) is 0 Å². The first-order chi connectivity index (χ1) is 11.2. The quantitative estimate of drug-likeness (QED) is 0.272. The highest BCUT2D eigenvalue weighted by atomic mass is 16.5. The Hall–Kier alpha value is -0.570. The first kappa shape index (κ1) is 22.4. The lowest BCUT2D eigenvalue weighted by Crippen LogP contribution is -2.05. The van der Waals surface area contributed by atoms with Gasteiger partial charge in [-0.25, -0.2) is 0 Å². The third-order valence-electron chi connectivity index (χ3n) is 4.36.